The highest BCUT2D eigenvalue weighted by molar-refractivity contribution is 7.88. The molecule has 0 radical (unpaired) electrons. The van der Waals surface area contributed by atoms with Gasteiger partial charge in [0, 0.05) is 58.6 Å². The molecular weight excluding hydrogens is 968 g/mol. The smallest absolute Gasteiger partial charge is 0.413 e. The second-order valence-corrected chi connectivity index (χ2v) is 17.9. The van der Waals surface area contributed by atoms with E-state index in [2.05, 4.69) is 34.5 Å². The van der Waals surface area contributed by atoms with E-state index in [1.807, 2.05) is 6.07 Å². The van der Waals surface area contributed by atoms with Gasteiger partial charge in [0.05, 0.1) is 19.3 Å². The molecule has 0 atom stereocenters. The maximum absolute atomic E-state index is 15.0. The zero-order valence-electron chi connectivity index (χ0n) is 36.4. The summed E-state index contributed by atoms with van der Waals surface area (Å²) in [4.78, 5) is 29.7. The van der Waals surface area contributed by atoms with E-state index in [4.69, 9.17) is 0 Å². The van der Waals surface area contributed by atoms with Gasteiger partial charge in [0.15, 0.2) is 0 Å². The summed E-state index contributed by atoms with van der Waals surface area (Å²) in [6, 6.07) is 25.1. The van der Waals surface area contributed by atoms with Crippen LogP contribution in [0.5, 0.6) is 0 Å². The highest BCUT2D eigenvalue weighted by atomic mass is 35.5. The number of nitrogens with zero attached hydrogens (tertiary/aromatic N) is 7. The monoisotopic (exact) mass is 1010 g/mol. The number of halogens is 9. The van der Waals surface area contributed by atoms with E-state index in [9.17, 15) is 48.7 Å². The van der Waals surface area contributed by atoms with Crippen molar-refractivity contribution in [1.29, 1.82) is 0 Å². The minimum absolute atomic E-state index is 0. The summed E-state index contributed by atoms with van der Waals surface area (Å²) < 4.78 is 140. The summed E-state index contributed by atoms with van der Waals surface area (Å²) in [6.07, 6.45) is -6.43. The molecule has 4 heterocycles. The summed E-state index contributed by atoms with van der Waals surface area (Å²) >= 11 is 0. The quantitative estimate of drug-likeness (QED) is 0.123. The Morgan fingerprint density at radius 3 is 1.38 bits per heavy atom. The molecule has 2 aliphatic rings. The van der Waals surface area contributed by atoms with Gasteiger partial charge < -0.3 is 24.0 Å². The first-order valence-corrected chi connectivity index (χ1v) is 22.9. The summed E-state index contributed by atoms with van der Waals surface area (Å²) in [7, 11) is -3.36. The first kappa shape index (κ1) is 52.1. The van der Waals surface area contributed by atoms with E-state index in [-0.39, 0.29) is 78.6 Å². The number of carbonyl (C=O) groups excluding carboxylic acids is 2. The molecule has 2 fully saturated rings. The van der Waals surface area contributed by atoms with Gasteiger partial charge in [0.1, 0.15) is 11.6 Å². The molecule has 2 aliphatic heterocycles. The molecule has 0 unspecified atom stereocenters. The third-order valence-corrected chi connectivity index (χ3v) is 12.5. The number of carbonyl (C=O) groups is 2. The van der Waals surface area contributed by atoms with Crippen LogP contribution in [0.25, 0.3) is 22.9 Å². The van der Waals surface area contributed by atoms with Crippen LogP contribution in [0.1, 0.15) is 48.6 Å². The number of aromatic nitrogens is 4. The van der Waals surface area contributed by atoms with Crippen LogP contribution in [0.4, 0.5) is 46.5 Å². The Kier molecular flexibility index (Phi) is 16.6. The lowest BCUT2D eigenvalue weighted by atomic mass is 9.96. The summed E-state index contributed by atoms with van der Waals surface area (Å²) in [5.74, 6) is -6.40. The average molecular weight is 1010 g/mol. The number of sulfonamides is 1. The molecule has 2 saturated heterocycles. The van der Waals surface area contributed by atoms with Gasteiger partial charge in [0.2, 0.25) is 33.6 Å². The Labute approximate surface area is 396 Å². The average Bonchev–Trinajstić information content (AvgIpc) is 4.04. The van der Waals surface area contributed by atoms with Crippen molar-refractivity contribution >= 4 is 45.6 Å². The van der Waals surface area contributed by atoms with Crippen LogP contribution < -0.4 is 15.1 Å². The number of amides is 2. The molecule has 368 valence electrons. The normalized spacial score (nSPS) is 15.1. The number of alkyl halides is 6. The Balaban J connectivity index is 0.000000225. The zero-order chi connectivity index (χ0) is 48.8. The Morgan fingerprint density at radius 2 is 1.03 bits per heavy atom. The number of para-hydroxylation sites is 2. The molecule has 4 aromatic carbocycles. The number of benzene rings is 4. The zero-order valence-corrected chi connectivity index (χ0v) is 38.0. The predicted octanol–water partition coefficient (Wildman–Crippen LogP) is 8.95. The predicted molar refractivity (Wildman–Crippen MR) is 237 cm³/mol. The molecule has 8 rings (SSSR count). The van der Waals surface area contributed by atoms with Crippen LogP contribution >= 0.6 is 12.4 Å². The van der Waals surface area contributed by atoms with Crippen molar-refractivity contribution < 1.29 is 62.0 Å². The van der Waals surface area contributed by atoms with E-state index in [1.165, 1.54) is 33.5 Å². The summed E-state index contributed by atoms with van der Waals surface area (Å²) in [6.45, 7) is 1.75. The Morgan fingerprint density at radius 1 is 0.638 bits per heavy atom. The van der Waals surface area contributed by atoms with Crippen molar-refractivity contribution in [3.05, 3.63) is 132 Å². The number of hydrogen-bond donors (Lipinski definition) is 1. The lowest BCUT2D eigenvalue weighted by molar-refractivity contribution is -0.157. The minimum Gasteiger partial charge on any atom is -0.413 e. The number of rotatable bonds is 11. The molecule has 69 heavy (non-hydrogen) atoms. The fraction of sp³-hybridized carbons (Fsp3) is 0.333. The molecule has 0 bridgehead atoms. The molecule has 14 nitrogen and oxygen atoms in total. The van der Waals surface area contributed by atoms with Gasteiger partial charge in [-0.05, 0) is 87.3 Å². The van der Waals surface area contributed by atoms with Gasteiger partial charge in [0.25, 0.3) is 0 Å². The number of piperidine rings is 2. The van der Waals surface area contributed by atoms with Gasteiger partial charge >= 0.3 is 24.1 Å². The molecular formula is C45H43ClF8N8O6S. The number of nitrogens with one attached hydrogen (secondary N) is 1. The maximum atomic E-state index is 15.0. The Hall–Kier alpha value is -6.30. The fourth-order valence-electron chi connectivity index (χ4n) is 7.62. The van der Waals surface area contributed by atoms with Crippen molar-refractivity contribution in [2.75, 3.05) is 42.2 Å². The van der Waals surface area contributed by atoms with Crippen molar-refractivity contribution in [3.63, 3.8) is 0 Å². The molecule has 6 aromatic rings. The van der Waals surface area contributed by atoms with Crippen molar-refractivity contribution in [2.24, 2.45) is 11.8 Å². The molecule has 0 aliphatic carbocycles. The van der Waals surface area contributed by atoms with Crippen LogP contribution in [0.15, 0.2) is 106 Å². The van der Waals surface area contributed by atoms with Gasteiger partial charge in [-0.25, -0.2) is 21.5 Å². The molecule has 0 saturated carbocycles. The van der Waals surface area contributed by atoms with Crippen LogP contribution in [0, 0.1) is 23.5 Å². The van der Waals surface area contributed by atoms with E-state index in [0.717, 1.165) is 31.5 Å². The SMILES string of the molecule is CS(=O)(=O)N1CCC(C(=O)N(Cc2ccc(-c3nnc(C(F)(F)F)o3)cc2F)c2ccccc2)CC1.Cl.O=C(C1CCNCC1)N(Cc1ccc(-c2nnc(C(F)(F)F)o2)cc1F)c1ccccc1. The van der Waals surface area contributed by atoms with E-state index in [1.54, 1.807) is 59.5 Å². The molecule has 0 spiro atoms. The largest absolute Gasteiger partial charge is 0.470 e. The first-order chi connectivity index (χ1) is 32.3. The summed E-state index contributed by atoms with van der Waals surface area (Å²) in [5.41, 5.74) is 1.50. The fourth-order valence-corrected chi connectivity index (χ4v) is 8.49. The van der Waals surface area contributed by atoms with Gasteiger partial charge in [-0.1, -0.05) is 48.5 Å². The number of anilines is 2. The van der Waals surface area contributed by atoms with E-state index < -0.39 is 63.5 Å². The standard InChI is InChI=1S/C23H22F4N4O4S.C22H20F4N4O2.ClH/c1-36(33,34)30-11-9-15(10-12-30)21(32)31(18-5-3-2-4-6-18)14-17-8-7-16(13-19(17)24)20-28-29-22(35-20)23(25,26)27;23-18-12-15(19-28-29-21(32-19)22(24,25)26)6-7-16(18)13-30(17-4-2-1-3-5-17)20(31)14-8-10-27-11-9-14;/h2-8,13,15H,9-12,14H2,1H3;1-7,12,14,27H,8-11,13H2;1H. The van der Waals surface area contributed by atoms with Gasteiger partial charge in [-0.3, -0.25) is 9.59 Å². The van der Waals surface area contributed by atoms with Crippen molar-refractivity contribution in [1.82, 2.24) is 30.0 Å². The number of hydrogen-bond acceptors (Lipinski definition) is 11. The molecule has 24 heteroatoms. The van der Waals surface area contributed by atoms with Crippen LogP contribution in [-0.2, 0) is 45.1 Å². The third-order valence-electron chi connectivity index (χ3n) is 11.2. The first-order valence-electron chi connectivity index (χ1n) is 21.0. The van der Waals surface area contributed by atoms with Gasteiger partial charge in [-0.2, -0.15) is 26.3 Å². The molecule has 2 aromatic heterocycles. The maximum Gasteiger partial charge on any atom is 0.470 e. The van der Waals surface area contributed by atoms with Crippen molar-refractivity contribution in [2.45, 2.75) is 51.1 Å². The van der Waals surface area contributed by atoms with Gasteiger partial charge in [-0.15, -0.1) is 32.8 Å². The second kappa shape index (κ2) is 22.0. The summed E-state index contributed by atoms with van der Waals surface area (Å²) in [5, 5.41) is 15.8. The van der Waals surface area contributed by atoms with Crippen LogP contribution in [-0.4, -0.2) is 77.4 Å². The molecule has 1 N–H and O–H groups in total. The van der Waals surface area contributed by atoms with Crippen LogP contribution in [0.3, 0.4) is 0 Å². The second-order valence-electron chi connectivity index (χ2n) is 15.9. The lowest BCUT2D eigenvalue weighted by Crippen LogP contribution is -2.44. The minimum atomic E-state index is -4.82. The Bertz CT molecular complexity index is 2800. The van der Waals surface area contributed by atoms with Crippen LogP contribution in [0.2, 0.25) is 0 Å². The topological polar surface area (TPSA) is 168 Å². The molecule has 2 amide bonds. The van der Waals surface area contributed by atoms with Crippen molar-refractivity contribution in [3.8, 4) is 22.9 Å². The highest BCUT2D eigenvalue weighted by Crippen LogP contribution is 2.34. The van der Waals surface area contributed by atoms with E-state index in [0.29, 0.717) is 37.1 Å². The third kappa shape index (κ3) is 13.1. The highest BCUT2D eigenvalue weighted by Gasteiger charge is 2.40. The van der Waals surface area contributed by atoms with E-state index >= 15 is 4.39 Å². The lowest BCUT2D eigenvalue weighted by Gasteiger charge is -2.33.